The molecule has 6 heteroatoms. The molecule has 4 nitrogen and oxygen atoms in total. The number of nitrogens with two attached hydrogens (primary N) is 1. The number of hydrogen-bond acceptors (Lipinski definition) is 5. The van der Waals surface area contributed by atoms with Crippen molar-refractivity contribution in [3.8, 4) is 6.07 Å². The minimum Gasteiger partial charge on any atom is -0.397 e. The summed E-state index contributed by atoms with van der Waals surface area (Å²) < 4.78 is 0. The molecule has 0 aliphatic heterocycles. The van der Waals surface area contributed by atoms with Crippen molar-refractivity contribution in [2.24, 2.45) is 0 Å². The molecule has 0 radical (unpaired) electrons. The number of pyridine rings is 2. The molecule has 0 aliphatic rings. The van der Waals surface area contributed by atoms with Crippen LogP contribution in [0.4, 0.5) is 5.69 Å². The highest BCUT2D eigenvalue weighted by molar-refractivity contribution is 7.99. The SMILES string of the molecule is N#Cc1ccnc(Sc2ncccc2N)c1Cl. The average molecular weight is 263 g/mol. The van der Waals surface area contributed by atoms with Gasteiger partial charge >= 0.3 is 0 Å². The van der Waals surface area contributed by atoms with E-state index in [1.54, 1.807) is 24.4 Å². The van der Waals surface area contributed by atoms with Gasteiger partial charge in [-0.05, 0) is 30.0 Å². The normalized spacial score (nSPS) is 9.88. The molecular weight excluding hydrogens is 256 g/mol. The fraction of sp³-hybridized carbons (Fsp3) is 0. The highest BCUT2D eigenvalue weighted by atomic mass is 35.5. The molecule has 0 bridgehead atoms. The summed E-state index contributed by atoms with van der Waals surface area (Å²) in [5, 5.41) is 10.3. The zero-order valence-electron chi connectivity index (χ0n) is 8.59. The van der Waals surface area contributed by atoms with E-state index in [2.05, 4.69) is 9.97 Å². The van der Waals surface area contributed by atoms with E-state index in [-0.39, 0.29) is 0 Å². The summed E-state index contributed by atoms with van der Waals surface area (Å²) in [5.41, 5.74) is 6.71. The van der Waals surface area contributed by atoms with Crippen molar-refractivity contribution in [3.63, 3.8) is 0 Å². The molecule has 2 aromatic heterocycles. The van der Waals surface area contributed by atoms with Gasteiger partial charge in [0.05, 0.1) is 16.3 Å². The van der Waals surface area contributed by atoms with Gasteiger partial charge in [-0.2, -0.15) is 5.26 Å². The molecule has 0 amide bonds. The van der Waals surface area contributed by atoms with E-state index in [1.165, 1.54) is 18.0 Å². The predicted molar refractivity (Wildman–Crippen MR) is 66.7 cm³/mol. The first-order valence-electron chi connectivity index (χ1n) is 4.65. The summed E-state index contributed by atoms with van der Waals surface area (Å²) >= 11 is 7.28. The van der Waals surface area contributed by atoms with Gasteiger partial charge in [0.1, 0.15) is 16.1 Å². The molecule has 0 aliphatic carbocycles. The molecule has 84 valence electrons. The van der Waals surface area contributed by atoms with Gasteiger partial charge in [-0.15, -0.1) is 0 Å². The molecule has 0 unspecified atom stereocenters. The van der Waals surface area contributed by atoms with Gasteiger partial charge in [-0.3, -0.25) is 0 Å². The molecule has 2 aromatic rings. The maximum Gasteiger partial charge on any atom is 0.125 e. The second-order valence-electron chi connectivity index (χ2n) is 3.09. The molecule has 0 saturated carbocycles. The van der Waals surface area contributed by atoms with E-state index in [0.717, 1.165) is 0 Å². The van der Waals surface area contributed by atoms with Gasteiger partial charge in [0, 0.05) is 12.4 Å². The smallest absolute Gasteiger partial charge is 0.125 e. The first-order valence-corrected chi connectivity index (χ1v) is 5.84. The Morgan fingerprint density at radius 3 is 2.71 bits per heavy atom. The van der Waals surface area contributed by atoms with E-state index in [9.17, 15) is 0 Å². The largest absolute Gasteiger partial charge is 0.397 e. The highest BCUT2D eigenvalue weighted by Gasteiger charge is 2.10. The van der Waals surface area contributed by atoms with Crippen molar-refractivity contribution in [1.82, 2.24) is 9.97 Å². The van der Waals surface area contributed by atoms with Crippen LogP contribution in [0, 0.1) is 11.3 Å². The lowest BCUT2D eigenvalue weighted by molar-refractivity contribution is 1.09. The number of nitrogens with zero attached hydrogens (tertiary/aromatic N) is 3. The van der Waals surface area contributed by atoms with Gasteiger partial charge in [-0.25, -0.2) is 9.97 Å². The first-order chi connectivity index (χ1) is 8.22. The minimum absolute atomic E-state index is 0.324. The van der Waals surface area contributed by atoms with Crippen LogP contribution in [0.25, 0.3) is 0 Å². The van der Waals surface area contributed by atoms with Crippen LogP contribution < -0.4 is 5.73 Å². The summed E-state index contributed by atoms with van der Waals surface area (Å²) in [6.07, 6.45) is 3.17. The number of anilines is 1. The Morgan fingerprint density at radius 1 is 1.24 bits per heavy atom. The number of aromatic nitrogens is 2. The molecule has 0 fully saturated rings. The fourth-order valence-corrected chi connectivity index (χ4v) is 2.23. The van der Waals surface area contributed by atoms with Gasteiger partial charge in [0.15, 0.2) is 0 Å². The van der Waals surface area contributed by atoms with Crippen molar-refractivity contribution in [2.45, 2.75) is 10.1 Å². The number of rotatable bonds is 2. The summed E-state index contributed by atoms with van der Waals surface area (Å²) in [5.74, 6) is 0. The van der Waals surface area contributed by atoms with Crippen LogP contribution in [0.5, 0.6) is 0 Å². The van der Waals surface area contributed by atoms with Gasteiger partial charge < -0.3 is 5.73 Å². The Bertz CT molecular complexity index is 594. The van der Waals surface area contributed by atoms with Crippen LogP contribution in [-0.4, -0.2) is 9.97 Å². The van der Waals surface area contributed by atoms with Crippen molar-refractivity contribution in [3.05, 3.63) is 41.2 Å². The van der Waals surface area contributed by atoms with Gasteiger partial charge in [0.25, 0.3) is 0 Å². The summed E-state index contributed by atoms with van der Waals surface area (Å²) in [4.78, 5) is 8.23. The van der Waals surface area contributed by atoms with Crippen molar-refractivity contribution >= 4 is 29.1 Å². The Hall–Kier alpha value is -1.77. The lowest BCUT2D eigenvalue weighted by Crippen LogP contribution is -1.92. The third-order valence-electron chi connectivity index (χ3n) is 1.97. The fourth-order valence-electron chi connectivity index (χ4n) is 1.16. The molecule has 0 saturated heterocycles. The monoisotopic (exact) mass is 262 g/mol. The van der Waals surface area contributed by atoms with Crippen molar-refractivity contribution < 1.29 is 0 Å². The average Bonchev–Trinajstić information content (AvgIpc) is 2.34. The Labute approximate surface area is 107 Å². The zero-order valence-corrected chi connectivity index (χ0v) is 10.2. The number of halogens is 1. The van der Waals surface area contributed by atoms with Gasteiger partial charge in [0.2, 0.25) is 0 Å². The van der Waals surface area contributed by atoms with E-state index in [0.29, 0.717) is 26.3 Å². The summed E-state index contributed by atoms with van der Waals surface area (Å²) in [7, 11) is 0. The number of hydrogen-bond donors (Lipinski definition) is 1. The Kier molecular flexibility index (Phi) is 3.47. The second-order valence-corrected chi connectivity index (χ2v) is 4.44. The Morgan fingerprint density at radius 2 is 2.00 bits per heavy atom. The molecular formula is C11H7ClN4S. The van der Waals surface area contributed by atoms with Crippen LogP contribution in [-0.2, 0) is 0 Å². The minimum atomic E-state index is 0.324. The van der Waals surface area contributed by atoms with Crippen LogP contribution in [0.1, 0.15) is 5.56 Å². The third kappa shape index (κ3) is 2.49. The second kappa shape index (κ2) is 5.04. The molecule has 0 aromatic carbocycles. The first kappa shape index (κ1) is 11.7. The van der Waals surface area contributed by atoms with E-state index >= 15 is 0 Å². The van der Waals surface area contributed by atoms with E-state index in [4.69, 9.17) is 22.6 Å². The molecule has 17 heavy (non-hydrogen) atoms. The standard InChI is InChI=1S/C11H7ClN4S/c12-9-7(6-13)3-5-16-11(9)17-10-8(14)2-1-4-15-10/h1-5H,14H2. The van der Waals surface area contributed by atoms with E-state index < -0.39 is 0 Å². The molecule has 2 heterocycles. The zero-order chi connectivity index (χ0) is 12.3. The lowest BCUT2D eigenvalue weighted by atomic mass is 10.3. The predicted octanol–water partition coefficient (Wildman–Crippen LogP) is 2.74. The van der Waals surface area contributed by atoms with Crippen LogP contribution in [0.15, 0.2) is 40.6 Å². The maximum absolute atomic E-state index is 8.85. The van der Waals surface area contributed by atoms with Crippen LogP contribution in [0.2, 0.25) is 5.02 Å². The van der Waals surface area contributed by atoms with Crippen LogP contribution >= 0.6 is 23.4 Å². The summed E-state index contributed by atoms with van der Waals surface area (Å²) in [6, 6.07) is 7.06. The lowest BCUT2D eigenvalue weighted by Gasteiger charge is -2.05. The van der Waals surface area contributed by atoms with Crippen molar-refractivity contribution in [1.29, 1.82) is 5.26 Å². The van der Waals surface area contributed by atoms with Gasteiger partial charge in [-0.1, -0.05) is 11.6 Å². The molecule has 2 N–H and O–H groups in total. The van der Waals surface area contributed by atoms with Crippen LogP contribution in [0.3, 0.4) is 0 Å². The van der Waals surface area contributed by atoms with E-state index in [1.807, 2.05) is 6.07 Å². The number of nitriles is 1. The highest BCUT2D eigenvalue weighted by Crippen LogP contribution is 2.34. The number of nitrogen functional groups attached to an aromatic ring is 1. The Balaban J connectivity index is 2.38. The summed E-state index contributed by atoms with van der Waals surface area (Å²) in [6.45, 7) is 0. The quantitative estimate of drug-likeness (QED) is 0.901. The molecule has 0 spiro atoms. The van der Waals surface area contributed by atoms with Crippen molar-refractivity contribution in [2.75, 3.05) is 5.73 Å². The topological polar surface area (TPSA) is 75.6 Å². The maximum atomic E-state index is 8.85. The molecule has 2 rings (SSSR count). The third-order valence-corrected chi connectivity index (χ3v) is 3.50. The molecule has 0 atom stereocenters.